The Labute approximate surface area is 131 Å². The molecule has 0 aliphatic carbocycles. The zero-order chi connectivity index (χ0) is 14.9. The van der Waals surface area contributed by atoms with Crippen molar-refractivity contribution in [3.63, 3.8) is 0 Å². The van der Waals surface area contributed by atoms with E-state index in [1.54, 1.807) is 11.8 Å². The lowest BCUT2D eigenvalue weighted by molar-refractivity contribution is 0.957. The van der Waals surface area contributed by atoms with Gasteiger partial charge in [-0.05, 0) is 18.1 Å². The van der Waals surface area contributed by atoms with E-state index in [0.717, 1.165) is 41.2 Å². The van der Waals surface area contributed by atoms with Gasteiger partial charge in [0.2, 0.25) is 5.95 Å². The molecule has 3 aromatic rings. The van der Waals surface area contributed by atoms with E-state index < -0.39 is 0 Å². The first-order valence-corrected chi connectivity index (χ1v) is 8.45. The molecule has 0 fully saturated rings. The molecule has 1 aliphatic heterocycles. The molecule has 4 rings (SSSR count). The summed E-state index contributed by atoms with van der Waals surface area (Å²) < 4.78 is 0. The molecular formula is C16H16N4OS. The van der Waals surface area contributed by atoms with Crippen LogP contribution in [0.25, 0.3) is 10.9 Å². The fraction of sp³-hybridized carbons (Fsp3) is 0.250. The molecule has 1 aromatic carbocycles. The maximum absolute atomic E-state index is 11.9. The standard InChI is InChI=1S/C16H16N4OS/c21-15-12-8-22-9-14(12)19-16(20-15)17-6-5-10-7-18-13-4-2-1-3-11(10)13/h1-4,7,18H,5-6,8-9H2,(H2,17,19,20,21). The van der Waals surface area contributed by atoms with E-state index in [2.05, 4.69) is 32.4 Å². The first kappa shape index (κ1) is 13.5. The van der Waals surface area contributed by atoms with Crippen LogP contribution in [0, 0.1) is 0 Å². The van der Waals surface area contributed by atoms with Crippen LogP contribution in [0.4, 0.5) is 5.95 Å². The molecule has 0 saturated carbocycles. The highest BCUT2D eigenvalue weighted by Crippen LogP contribution is 2.25. The number of rotatable bonds is 4. The molecule has 6 heteroatoms. The number of fused-ring (bicyclic) bond motifs is 2. The summed E-state index contributed by atoms with van der Waals surface area (Å²) in [6, 6.07) is 8.26. The van der Waals surface area contributed by atoms with Gasteiger partial charge in [0.15, 0.2) is 0 Å². The minimum absolute atomic E-state index is 0.00963. The first-order chi connectivity index (χ1) is 10.8. The third-order valence-electron chi connectivity index (χ3n) is 3.95. The van der Waals surface area contributed by atoms with Crippen LogP contribution in [-0.2, 0) is 17.9 Å². The Morgan fingerprint density at radius 2 is 2.18 bits per heavy atom. The number of H-pyrrole nitrogens is 2. The highest BCUT2D eigenvalue weighted by atomic mass is 32.2. The molecular weight excluding hydrogens is 296 g/mol. The summed E-state index contributed by atoms with van der Waals surface area (Å²) >= 11 is 1.73. The molecule has 3 N–H and O–H groups in total. The maximum atomic E-state index is 11.9. The molecule has 0 atom stereocenters. The second kappa shape index (κ2) is 5.53. The van der Waals surface area contributed by atoms with E-state index in [0.29, 0.717) is 5.95 Å². The number of thioether (sulfide) groups is 1. The third-order valence-corrected chi connectivity index (χ3v) is 4.92. The van der Waals surface area contributed by atoms with Crippen molar-refractivity contribution in [1.29, 1.82) is 0 Å². The largest absolute Gasteiger partial charge is 0.361 e. The smallest absolute Gasteiger partial charge is 0.256 e. The van der Waals surface area contributed by atoms with Crippen molar-refractivity contribution in [2.45, 2.75) is 17.9 Å². The average molecular weight is 312 g/mol. The summed E-state index contributed by atoms with van der Waals surface area (Å²) in [6.07, 6.45) is 2.92. The van der Waals surface area contributed by atoms with Crippen molar-refractivity contribution in [2.24, 2.45) is 0 Å². The van der Waals surface area contributed by atoms with Crippen molar-refractivity contribution < 1.29 is 0 Å². The van der Waals surface area contributed by atoms with Crippen molar-refractivity contribution in [3.05, 3.63) is 57.6 Å². The molecule has 22 heavy (non-hydrogen) atoms. The third kappa shape index (κ3) is 2.39. The van der Waals surface area contributed by atoms with Gasteiger partial charge in [0, 0.05) is 40.7 Å². The second-order valence-electron chi connectivity index (χ2n) is 5.37. The Balaban J connectivity index is 1.47. The van der Waals surface area contributed by atoms with Gasteiger partial charge >= 0.3 is 0 Å². The second-order valence-corrected chi connectivity index (χ2v) is 6.35. The number of nitrogens with zero attached hydrogens (tertiary/aromatic N) is 1. The number of aromatic nitrogens is 3. The molecule has 3 heterocycles. The van der Waals surface area contributed by atoms with Crippen LogP contribution < -0.4 is 10.9 Å². The predicted octanol–water partition coefficient (Wildman–Crippen LogP) is 2.65. The molecule has 0 saturated heterocycles. The lowest BCUT2D eigenvalue weighted by Gasteiger charge is -2.06. The highest BCUT2D eigenvalue weighted by Gasteiger charge is 2.17. The Hall–Kier alpha value is -2.21. The van der Waals surface area contributed by atoms with Gasteiger partial charge in [-0.1, -0.05) is 18.2 Å². The minimum Gasteiger partial charge on any atom is -0.361 e. The molecule has 0 radical (unpaired) electrons. The van der Waals surface area contributed by atoms with Gasteiger partial charge < -0.3 is 10.3 Å². The lowest BCUT2D eigenvalue weighted by atomic mass is 10.1. The Morgan fingerprint density at radius 1 is 1.27 bits per heavy atom. The van der Waals surface area contributed by atoms with Gasteiger partial charge in [0.05, 0.1) is 5.69 Å². The van der Waals surface area contributed by atoms with E-state index in [9.17, 15) is 4.79 Å². The number of hydrogen-bond acceptors (Lipinski definition) is 4. The lowest BCUT2D eigenvalue weighted by Crippen LogP contribution is -2.18. The minimum atomic E-state index is -0.00963. The number of para-hydroxylation sites is 1. The van der Waals surface area contributed by atoms with E-state index in [4.69, 9.17) is 0 Å². The van der Waals surface area contributed by atoms with Crippen molar-refractivity contribution in [3.8, 4) is 0 Å². The van der Waals surface area contributed by atoms with Crippen LogP contribution in [-0.4, -0.2) is 21.5 Å². The van der Waals surface area contributed by atoms with Gasteiger partial charge in [0.1, 0.15) is 0 Å². The van der Waals surface area contributed by atoms with Crippen LogP contribution >= 0.6 is 11.8 Å². The fourth-order valence-corrected chi connectivity index (χ4v) is 3.84. The van der Waals surface area contributed by atoms with Crippen molar-refractivity contribution in [1.82, 2.24) is 15.0 Å². The van der Waals surface area contributed by atoms with Crippen LogP contribution in [0.3, 0.4) is 0 Å². The number of benzene rings is 1. The molecule has 1 aliphatic rings. The SMILES string of the molecule is O=c1[nH]c(NCCc2c[nH]c3ccccc23)nc2c1CSC2. The van der Waals surface area contributed by atoms with E-state index in [1.807, 2.05) is 18.3 Å². The van der Waals surface area contributed by atoms with E-state index in [-0.39, 0.29) is 5.56 Å². The molecule has 0 unspecified atom stereocenters. The van der Waals surface area contributed by atoms with Gasteiger partial charge in [-0.15, -0.1) is 0 Å². The summed E-state index contributed by atoms with van der Waals surface area (Å²) in [5.41, 5.74) is 4.15. The maximum Gasteiger partial charge on any atom is 0.256 e. The van der Waals surface area contributed by atoms with Gasteiger partial charge in [0.25, 0.3) is 5.56 Å². The molecule has 5 nitrogen and oxygen atoms in total. The summed E-state index contributed by atoms with van der Waals surface area (Å²) in [4.78, 5) is 22.5. The monoisotopic (exact) mass is 312 g/mol. The van der Waals surface area contributed by atoms with Gasteiger partial charge in [-0.25, -0.2) is 4.98 Å². The summed E-state index contributed by atoms with van der Waals surface area (Å²) in [6.45, 7) is 0.733. The Bertz CT molecular complexity index is 883. The summed E-state index contributed by atoms with van der Waals surface area (Å²) in [5.74, 6) is 2.18. The number of anilines is 1. The van der Waals surface area contributed by atoms with Crippen LogP contribution in [0.5, 0.6) is 0 Å². The van der Waals surface area contributed by atoms with Gasteiger partial charge in [-0.3, -0.25) is 9.78 Å². The Kier molecular flexibility index (Phi) is 3.38. The zero-order valence-electron chi connectivity index (χ0n) is 12.0. The highest BCUT2D eigenvalue weighted by molar-refractivity contribution is 7.98. The van der Waals surface area contributed by atoms with Crippen LogP contribution in [0.1, 0.15) is 16.8 Å². The van der Waals surface area contributed by atoms with Crippen molar-refractivity contribution in [2.75, 3.05) is 11.9 Å². The van der Waals surface area contributed by atoms with Crippen molar-refractivity contribution >= 4 is 28.6 Å². The van der Waals surface area contributed by atoms with E-state index in [1.165, 1.54) is 10.9 Å². The predicted molar refractivity (Wildman–Crippen MR) is 90.3 cm³/mol. The van der Waals surface area contributed by atoms with Gasteiger partial charge in [-0.2, -0.15) is 11.8 Å². The topological polar surface area (TPSA) is 73.6 Å². The number of hydrogen-bond donors (Lipinski definition) is 3. The molecule has 0 bridgehead atoms. The van der Waals surface area contributed by atoms with E-state index >= 15 is 0 Å². The zero-order valence-corrected chi connectivity index (χ0v) is 12.8. The van der Waals surface area contributed by atoms with Crippen LogP contribution in [0.2, 0.25) is 0 Å². The fourth-order valence-electron chi connectivity index (χ4n) is 2.80. The first-order valence-electron chi connectivity index (χ1n) is 7.30. The Morgan fingerprint density at radius 3 is 3.14 bits per heavy atom. The average Bonchev–Trinajstić information content (AvgIpc) is 3.15. The molecule has 0 amide bonds. The summed E-state index contributed by atoms with van der Waals surface area (Å²) in [5, 5.41) is 4.47. The molecule has 112 valence electrons. The quantitative estimate of drug-likeness (QED) is 0.692. The molecule has 2 aromatic heterocycles. The van der Waals surface area contributed by atoms with Crippen LogP contribution in [0.15, 0.2) is 35.3 Å². The summed E-state index contributed by atoms with van der Waals surface area (Å²) in [7, 11) is 0. The normalized spacial score (nSPS) is 13.5. The number of nitrogens with one attached hydrogen (secondary N) is 3. The number of aromatic amines is 2. The molecule has 0 spiro atoms.